The van der Waals surface area contributed by atoms with E-state index in [9.17, 15) is 0 Å². The maximum Gasteiger partial charge on any atom is 0.209 e. The lowest BCUT2D eigenvalue weighted by molar-refractivity contribution is 0.355. The van der Waals surface area contributed by atoms with Gasteiger partial charge in [0, 0.05) is 28.6 Å². The molecule has 4 rings (SSSR count). The lowest BCUT2D eigenvalue weighted by Crippen LogP contribution is -2.03. The van der Waals surface area contributed by atoms with Crippen molar-refractivity contribution in [2.45, 2.75) is 0 Å². The van der Waals surface area contributed by atoms with Gasteiger partial charge in [-0.15, -0.1) is 11.3 Å². The van der Waals surface area contributed by atoms with Crippen LogP contribution in [0.1, 0.15) is 0 Å². The van der Waals surface area contributed by atoms with Crippen molar-refractivity contribution in [3.8, 4) is 28.6 Å². The van der Waals surface area contributed by atoms with Gasteiger partial charge in [-0.2, -0.15) is 0 Å². The Morgan fingerprint density at radius 2 is 1.79 bits per heavy atom. The van der Waals surface area contributed by atoms with E-state index in [0.29, 0.717) is 28.0 Å². The summed E-state index contributed by atoms with van der Waals surface area (Å²) >= 11 is 1.47. The monoisotopic (exact) mass is 394 g/mol. The zero-order valence-electron chi connectivity index (χ0n) is 15.6. The van der Waals surface area contributed by atoms with Gasteiger partial charge in [-0.05, 0) is 36.4 Å². The van der Waals surface area contributed by atoms with Crippen molar-refractivity contribution in [2.24, 2.45) is 4.99 Å². The van der Waals surface area contributed by atoms with Gasteiger partial charge in [-0.1, -0.05) is 0 Å². The molecule has 28 heavy (non-hydrogen) atoms. The van der Waals surface area contributed by atoms with E-state index >= 15 is 0 Å². The molecule has 0 radical (unpaired) electrons. The van der Waals surface area contributed by atoms with Crippen LogP contribution in [0.3, 0.4) is 0 Å². The smallest absolute Gasteiger partial charge is 0.209 e. The molecule has 0 amide bonds. The quantitative estimate of drug-likeness (QED) is 0.486. The van der Waals surface area contributed by atoms with Crippen LogP contribution in [-0.4, -0.2) is 26.3 Å². The molecular formula is C21H18N2O4S. The first-order chi connectivity index (χ1) is 13.7. The molecule has 0 aliphatic rings. The molecule has 0 spiro atoms. The predicted octanol–water partition coefficient (Wildman–Crippen LogP) is 4.81. The van der Waals surface area contributed by atoms with Gasteiger partial charge < -0.3 is 18.6 Å². The van der Waals surface area contributed by atoms with Gasteiger partial charge in [0.1, 0.15) is 17.1 Å². The average Bonchev–Trinajstić information content (AvgIpc) is 3.25. The van der Waals surface area contributed by atoms with Crippen molar-refractivity contribution >= 4 is 27.4 Å². The minimum atomic E-state index is 0.628. The third kappa shape index (κ3) is 3.44. The second kappa shape index (κ2) is 7.74. The topological polar surface area (TPSA) is 66.1 Å². The van der Waals surface area contributed by atoms with Gasteiger partial charge in [0.2, 0.25) is 5.13 Å². The van der Waals surface area contributed by atoms with E-state index in [1.54, 1.807) is 27.5 Å². The molecule has 6 nitrogen and oxygen atoms in total. The molecule has 2 heterocycles. The highest BCUT2D eigenvalue weighted by atomic mass is 32.1. The van der Waals surface area contributed by atoms with Crippen LogP contribution in [0.15, 0.2) is 63.5 Å². The fraction of sp³-hybridized carbons (Fsp3) is 0.143. The van der Waals surface area contributed by atoms with Crippen molar-refractivity contribution in [2.75, 3.05) is 21.3 Å². The zero-order valence-corrected chi connectivity index (χ0v) is 16.4. The van der Waals surface area contributed by atoms with E-state index in [2.05, 4.69) is 4.98 Å². The van der Waals surface area contributed by atoms with E-state index in [4.69, 9.17) is 23.6 Å². The molecule has 0 bridgehead atoms. The maximum absolute atomic E-state index is 6.15. The first-order valence-electron chi connectivity index (χ1n) is 8.50. The molecule has 0 fully saturated rings. The molecule has 2 aromatic carbocycles. The summed E-state index contributed by atoms with van der Waals surface area (Å²) in [6, 6.07) is 13.2. The molecule has 0 saturated heterocycles. The Hall–Kier alpha value is -3.32. The number of benzene rings is 2. The fourth-order valence-electron chi connectivity index (χ4n) is 2.87. The van der Waals surface area contributed by atoms with Crippen molar-refractivity contribution < 1.29 is 18.6 Å². The summed E-state index contributed by atoms with van der Waals surface area (Å²) in [5, 5.41) is 4.16. The molecule has 0 saturated carbocycles. The minimum absolute atomic E-state index is 0.628. The van der Waals surface area contributed by atoms with E-state index in [0.717, 1.165) is 22.1 Å². The van der Waals surface area contributed by atoms with Crippen molar-refractivity contribution in [3.05, 3.63) is 59.4 Å². The lowest BCUT2D eigenvalue weighted by Gasteiger charge is -2.10. The largest absolute Gasteiger partial charge is 0.497 e. The van der Waals surface area contributed by atoms with Gasteiger partial charge in [0.25, 0.3) is 0 Å². The second-order valence-electron chi connectivity index (χ2n) is 5.85. The Kier molecular flexibility index (Phi) is 4.99. The Morgan fingerprint density at radius 1 is 0.929 bits per heavy atom. The van der Waals surface area contributed by atoms with Crippen LogP contribution < -0.4 is 19.6 Å². The molecule has 0 unspecified atom stereocenters. The third-order valence-electron chi connectivity index (χ3n) is 4.25. The summed E-state index contributed by atoms with van der Waals surface area (Å²) in [6.07, 6.45) is 1.73. The standard InChI is InChI=1S/C21H18N2O4S/c1-24-14-5-7-17-15(11-14)16(23-21-22-8-9-28-21)12-19(27-17)13-4-6-18(25-2)20(10-13)26-3/h4-12H,1-3H3. The fourth-order valence-corrected chi connectivity index (χ4v) is 3.39. The van der Waals surface area contributed by atoms with Crippen LogP contribution in [0.4, 0.5) is 5.13 Å². The normalized spacial score (nSPS) is 11.6. The summed E-state index contributed by atoms with van der Waals surface area (Å²) in [5.74, 6) is 2.68. The van der Waals surface area contributed by atoms with Crippen LogP contribution in [0.25, 0.3) is 22.3 Å². The number of ether oxygens (including phenoxy) is 3. The molecule has 4 aromatic rings. The second-order valence-corrected chi connectivity index (χ2v) is 6.73. The SMILES string of the molecule is COc1ccc2oc(-c3ccc(OC)c(OC)c3)cc(=Nc3nccs3)c2c1. The van der Waals surface area contributed by atoms with Gasteiger partial charge >= 0.3 is 0 Å². The molecule has 2 aromatic heterocycles. The summed E-state index contributed by atoms with van der Waals surface area (Å²) in [4.78, 5) is 8.97. The highest BCUT2D eigenvalue weighted by Crippen LogP contribution is 2.33. The highest BCUT2D eigenvalue weighted by Gasteiger charge is 2.11. The van der Waals surface area contributed by atoms with E-state index in [-0.39, 0.29) is 0 Å². The molecule has 0 aliphatic carbocycles. The number of hydrogen-bond acceptors (Lipinski definition) is 7. The number of methoxy groups -OCH3 is 3. The Bertz CT molecular complexity index is 1180. The third-order valence-corrected chi connectivity index (χ3v) is 4.92. The molecular weight excluding hydrogens is 376 g/mol. The Morgan fingerprint density at radius 3 is 2.50 bits per heavy atom. The molecule has 0 aliphatic heterocycles. The van der Waals surface area contributed by atoms with Crippen LogP contribution in [0, 0.1) is 0 Å². The number of hydrogen-bond donors (Lipinski definition) is 0. The van der Waals surface area contributed by atoms with Crippen LogP contribution in [0.5, 0.6) is 17.2 Å². The summed E-state index contributed by atoms with van der Waals surface area (Å²) in [6.45, 7) is 0. The molecule has 7 heteroatoms. The highest BCUT2D eigenvalue weighted by molar-refractivity contribution is 7.13. The van der Waals surface area contributed by atoms with E-state index in [1.807, 2.05) is 47.8 Å². The van der Waals surface area contributed by atoms with Crippen LogP contribution >= 0.6 is 11.3 Å². The number of fused-ring (bicyclic) bond motifs is 1. The van der Waals surface area contributed by atoms with Crippen molar-refractivity contribution in [1.82, 2.24) is 4.98 Å². The zero-order chi connectivity index (χ0) is 19.5. The van der Waals surface area contributed by atoms with Gasteiger partial charge in [0.15, 0.2) is 11.5 Å². The van der Waals surface area contributed by atoms with Crippen LogP contribution in [-0.2, 0) is 0 Å². The van der Waals surface area contributed by atoms with Gasteiger partial charge in [-0.3, -0.25) is 0 Å². The average molecular weight is 394 g/mol. The van der Waals surface area contributed by atoms with E-state index in [1.165, 1.54) is 11.3 Å². The number of thiazole rings is 1. The first-order valence-corrected chi connectivity index (χ1v) is 9.38. The number of nitrogens with zero attached hydrogens (tertiary/aromatic N) is 2. The number of rotatable bonds is 5. The summed E-state index contributed by atoms with van der Waals surface area (Å²) in [7, 11) is 4.85. The number of aromatic nitrogens is 1. The first kappa shape index (κ1) is 18.1. The Labute approximate surface area is 165 Å². The van der Waals surface area contributed by atoms with E-state index < -0.39 is 0 Å². The lowest BCUT2D eigenvalue weighted by atomic mass is 10.1. The minimum Gasteiger partial charge on any atom is -0.497 e. The van der Waals surface area contributed by atoms with Gasteiger partial charge in [0.05, 0.1) is 26.7 Å². The molecule has 0 N–H and O–H groups in total. The summed E-state index contributed by atoms with van der Waals surface area (Å²) in [5.41, 5.74) is 1.55. The maximum atomic E-state index is 6.15. The summed E-state index contributed by atoms with van der Waals surface area (Å²) < 4.78 is 22.2. The van der Waals surface area contributed by atoms with Crippen LogP contribution in [0.2, 0.25) is 0 Å². The molecule has 142 valence electrons. The predicted molar refractivity (Wildman–Crippen MR) is 109 cm³/mol. The van der Waals surface area contributed by atoms with Gasteiger partial charge in [-0.25, -0.2) is 9.98 Å². The van der Waals surface area contributed by atoms with Crippen molar-refractivity contribution in [1.29, 1.82) is 0 Å². The van der Waals surface area contributed by atoms with Crippen molar-refractivity contribution in [3.63, 3.8) is 0 Å². The molecule has 0 atom stereocenters. The Balaban J connectivity index is 1.96.